The molecule has 0 radical (unpaired) electrons. The van der Waals surface area contributed by atoms with Gasteiger partial charge < -0.3 is 9.84 Å². The Hall–Kier alpha value is -1.35. The van der Waals surface area contributed by atoms with Crippen molar-refractivity contribution in [2.24, 2.45) is 0 Å². The van der Waals surface area contributed by atoms with Crippen molar-refractivity contribution in [1.29, 1.82) is 0 Å². The fourth-order valence-corrected chi connectivity index (χ4v) is 4.00. The van der Waals surface area contributed by atoms with Gasteiger partial charge in [0.2, 0.25) is 0 Å². The molecule has 0 aliphatic carbocycles. The highest BCUT2D eigenvalue weighted by atomic mass is 16.5. The molecule has 1 N–H and O–H groups in total. The van der Waals surface area contributed by atoms with Crippen molar-refractivity contribution in [3.8, 4) is 0 Å². The van der Waals surface area contributed by atoms with Crippen LogP contribution in [0.25, 0.3) is 0 Å². The number of esters is 1. The SMILES string of the molecule is CCCCCCCCCCCCCCCCCCOC(=O)CCC(O)c1ccccc1. The highest BCUT2D eigenvalue weighted by Crippen LogP contribution is 2.18. The number of ether oxygens (including phenoxy) is 1. The molecule has 0 bridgehead atoms. The van der Waals surface area contributed by atoms with Crippen LogP contribution in [0, 0.1) is 0 Å². The molecule has 3 nitrogen and oxygen atoms in total. The molecule has 0 heterocycles. The van der Waals surface area contributed by atoms with Gasteiger partial charge in [-0.15, -0.1) is 0 Å². The van der Waals surface area contributed by atoms with Gasteiger partial charge in [-0.05, 0) is 18.4 Å². The summed E-state index contributed by atoms with van der Waals surface area (Å²) in [6.45, 7) is 2.79. The Morgan fingerprint density at radius 3 is 1.68 bits per heavy atom. The lowest BCUT2D eigenvalue weighted by Crippen LogP contribution is -2.08. The van der Waals surface area contributed by atoms with Crippen LogP contribution >= 0.6 is 0 Å². The molecule has 1 rings (SSSR count). The van der Waals surface area contributed by atoms with Crippen molar-refractivity contribution in [1.82, 2.24) is 0 Å². The zero-order chi connectivity index (χ0) is 22.4. The van der Waals surface area contributed by atoms with Crippen LogP contribution in [0.4, 0.5) is 0 Å². The minimum absolute atomic E-state index is 0.198. The molecule has 0 fully saturated rings. The first kappa shape index (κ1) is 27.7. The normalized spacial score (nSPS) is 12.1. The van der Waals surface area contributed by atoms with E-state index in [1.165, 1.54) is 89.9 Å². The molecule has 1 atom stereocenters. The molecule has 3 heteroatoms. The number of hydrogen-bond acceptors (Lipinski definition) is 3. The molecule has 0 spiro atoms. The summed E-state index contributed by atoms with van der Waals surface area (Å²) in [7, 11) is 0. The number of hydrogen-bond donors (Lipinski definition) is 1. The molecule has 0 amide bonds. The summed E-state index contributed by atoms with van der Waals surface area (Å²) in [6.07, 6.45) is 21.6. The van der Waals surface area contributed by atoms with Gasteiger partial charge >= 0.3 is 5.97 Å². The quantitative estimate of drug-likeness (QED) is 0.157. The van der Waals surface area contributed by atoms with Gasteiger partial charge in [0, 0.05) is 6.42 Å². The second-order valence-electron chi connectivity index (χ2n) is 8.99. The molecule has 1 aromatic rings. The molecule has 1 unspecified atom stereocenters. The zero-order valence-corrected chi connectivity index (χ0v) is 20.2. The molecule has 0 aliphatic rings. The highest BCUT2D eigenvalue weighted by Gasteiger charge is 2.10. The number of unbranched alkanes of at least 4 members (excludes halogenated alkanes) is 15. The minimum Gasteiger partial charge on any atom is -0.466 e. The summed E-state index contributed by atoms with van der Waals surface area (Å²) in [5.74, 6) is -0.198. The van der Waals surface area contributed by atoms with E-state index in [0.717, 1.165) is 18.4 Å². The zero-order valence-electron chi connectivity index (χ0n) is 20.2. The van der Waals surface area contributed by atoms with Gasteiger partial charge in [-0.25, -0.2) is 0 Å². The molecule has 0 saturated heterocycles. The van der Waals surface area contributed by atoms with Crippen molar-refractivity contribution in [3.05, 3.63) is 35.9 Å². The molecular formula is C28H48O3. The van der Waals surface area contributed by atoms with Crippen molar-refractivity contribution in [2.45, 2.75) is 129 Å². The van der Waals surface area contributed by atoms with Crippen LogP contribution < -0.4 is 0 Å². The third-order valence-electron chi connectivity index (χ3n) is 6.07. The molecule has 0 aromatic heterocycles. The van der Waals surface area contributed by atoms with E-state index >= 15 is 0 Å². The van der Waals surface area contributed by atoms with Gasteiger partial charge in [0.1, 0.15) is 0 Å². The fraction of sp³-hybridized carbons (Fsp3) is 0.750. The number of aliphatic hydroxyl groups is 1. The van der Waals surface area contributed by atoms with Crippen LogP contribution in [0.5, 0.6) is 0 Å². The summed E-state index contributed by atoms with van der Waals surface area (Å²) in [5, 5.41) is 10.1. The van der Waals surface area contributed by atoms with Gasteiger partial charge in [0.05, 0.1) is 12.7 Å². The van der Waals surface area contributed by atoms with E-state index < -0.39 is 6.10 Å². The number of aliphatic hydroxyl groups excluding tert-OH is 1. The fourth-order valence-electron chi connectivity index (χ4n) is 4.00. The van der Waals surface area contributed by atoms with Gasteiger partial charge in [-0.1, -0.05) is 134 Å². The summed E-state index contributed by atoms with van der Waals surface area (Å²) >= 11 is 0. The number of carbonyl (C=O) groups excluding carboxylic acids is 1. The standard InChI is InChI=1S/C28H48O3/c1-2-3-4-5-6-7-8-9-10-11-12-13-14-15-16-20-25-31-28(30)24-23-27(29)26-21-18-17-19-22-26/h17-19,21-22,27,29H,2-16,20,23-25H2,1H3. The van der Waals surface area contributed by atoms with E-state index in [-0.39, 0.29) is 12.4 Å². The Balaban J connectivity index is 1.79. The maximum atomic E-state index is 11.8. The molecule has 31 heavy (non-hydrogen) atoms. The van der Waals surface area contributed by atoms with Crippen LogP contribution in [0.3, 0.4) is 0 Å². The first-order chi connectivity index (χ1) is 15.2. The van der Waals surface area contributed by atoms with Crippen molar-refractivity contribution in [3.63, 3.8) is 0 Å². The number of benzene rings is 1. The van der Waals surface area contributed by atoms with Gasteiger partial charge in [-0.3, -0.25) is 4.79 Å². The van der Waals surface area contributed by atoms with Gasteiger partial charge in [0.15, 0.2) is 0 Å². The van der Waals surface area contributed by atoms with Gasteiger partial charge in [0.25, 0.3) is 0 Å². The maximum Gasteiger partial charge on any atom is 0.305 e. The average Bonchev–Trinajstić information content (AvgIpc) is 2.80. The third-order valence-corrected chi connectivity index (χ3v) is 6.07. The predicted molar refractivity (Wildman–Crippen MR) is 131 cm³/mol. The summed E-state index contributed by atoms with van der Waals surface area (Å²) < 4.78 is 5.30. The third kappa shape index (κ3) is 16.9. The van der Waals surface area contributed by atoms with Crippen LogP contribution in [0.2, 0.25) is 0 Å². The first-order valence-corrected chi connectivity index (χ1v) is 13.1. The monoisotopic (exact) mass is 432 g/mol. The van der Waals surface area contributed by atoms with Gasteiger partial charge in [-0.2, -0.15) is 0 Å². The van der Waals surface area contributed by atoms with E-state index in [1.807, 2.05) is 30.3 Å². The Bertz CT molecular complexity index is 514. The Morgan fingerprint density at radius 2 is 1.19 bits per heavy atom. The molecule has 0 saturated carbocycles. The van der Waals surface area contributed by atoms with E-state index in [0.29, 0.717) is 13.0 Å². The van der Waals surface area contributed by atoms with Crippen molar-refractivity contribution in [2.75, 3.05) is 6.61 Å². The van der Waals surface area contributed by atoms with Crippen molar-refractivity contribution < 1.29 is 14.6 Å². The molecular weight excluding hydrogens is 384 g/mol. The Labute approximate surface area is 192 Å². The smallest absolute Gasteiger partial charge is 0.305 e. The lowest BCUT2D eigenvalue weighted by Gasteiger charge is -2.10. The first-order valence-electron chi connectivity index (χ1n) is 13.1. The molecule has 0 aliphatic heterocycles. The lowest BCUT2D eigenvalue weighted by molar-refractivity contribution is -0.144. The predicted octanol–water partition coefficient (Wildman–Crippen LogP) is 8.30. The number of rotatable bonds is 21. The highest BCUT2D eigenvalue weighted by molar-refractivity contribution is 5.69. The lowest BCUT2D eigenvalue weighted by atomic mass is 10.0. The van der Waals surface area contributed by atoms with Crippen LogP contribution in [-0.4, -0.2) is 17.7 Å². The largest absolute Gasteiger partial charge is 0.466 e. The minimum atomic E-state index is -0.593. The van der Waals surface area contributed by atoms with Crippen LogP contribution in [0.1, 0.15) is 134 Å². The Kier molecular flexibility index (Phi) is 18.3. The topological polar surface area (TPSA) is 46.5 Å². The van der Waals surface area contributed by atoms with Crippen LogP contribution in [0.15, 0.2) is 30.3 Å². The summed E-state index contributed by atoms with van der Waals surface area (Å²) in [6, 6.07) is 9.48. The van der Waals surface area contributed by atoms with E-state index in [9.17, 15) is 9.90 Å². The van der Waals surface area contributed by atoms with E-state index in [2.05, 4.69) is 6.92 Å². The molecule has 178 valence electrons. The maximum absolute atomic E-state index is 11.8. The molecule has 1 aromatic carbocycles. The average molecular weight is 433 g/mol. The second kappa shape index (κ2) is 20.5. The Morgan fingerprint density at radius 1 is 0.742 bits per heavy atom. The second-order valence-corrected chi connectivity index (χ2v) is 8.99. The van der Waals surface area contributed by atoms with Crippen LogP contribution in [-0.2, 0) is 9.53 Å². The van der Waals surface area contributed by atoms with E-state index in [4.69, 9.17) is 4.74 Å². The number of carbonyl (C=O) groups is 1. The van der Waals surface area contributed by atoms with E-state index in [1.54, 1.807) is 0 Å². The van der Waals surface area contributed by atoms with Crippen molar-refractivity contribution >= 4 is 5.97 Å². The summed E-state index contributed by atoms with van der Waals surface area (Å²) in [4.78, 5) is 11.8. The summed E-state index contributed by atoms with van der Waals surface area (Å²) in [5.41, 5.74) is 0.855.